The van der Waals surface area contributed by atoms with Crippen molar-refractivity contribution in [2.24, 2.45) is 5.73 Å². The van der Waals surface area contributed by atoms with Gasteiger partial charge in [-0.15, -0.1) is 36.4 Å². The van der Waals surface area contributed by atoms with Gasteiger partial charge in [-0.1, -0.05) is 0 Å². The molecule has 0 saturated carbocycles. The maximum absolute atomic E-state index is 5.06. The van der Waals surface area contributed by atoms with Crippen molar-refractivity contribution in [3.63, 3.8) is 0 Å². The van der Waals surface area contributed by atoms with Crippen molar-refractivity contribution in [2.75, 3.05) is 12.4 Å². The number of nitrogens with two attached hydrogens (primary N) is 1. The molecule has 0 heterocycles. The quantitative estimate of drug-likeness (QED) is 0.558. The van der Waals surface area contributed by atoms with E-state index in [1.165, 1.54) is 0 Å². The maximum atomic E-state index is 5.06. The summed E-state index contributed by atoms with van der Waals surface area (Å²) >= 11 is 5.06. The second-order valence-corrected chi connectivity index (χ2v) is 0.856. The van der Waals surface area contributed by atoms with Gasteiger partial charge in [-0.3, -0.25) is 0 Å². The molecule has 4 heteroatoms. The summed E-state index contributed by atoms with van der Waals surface area (Å²) in [5.41, 5.74) is 4.90. The lowest BCUT2D eigenvalue weighted by atomic mass is 10.8. The lowest BCUT2D eigenvalue weighted by molar-refractivity contribution is 1.14. The molecule has 42 valence electrons. The first-order valence-electron chi connectivity index (χ1n) is 1.18. The first-order chi connectivity index (χ1) is 1.91. The van der Waals surface area contributed by atoms with Crippen LogP contribution in [-0.2, 0) is 0 Å². The Bertz CT molecular complexity index is 10.8. The molecule has 0 aliphatic rings. The Hall–Kier alpha value is 0.830. The highest BCUT2D eigenvalue weighted by molar-refractivity contribution is 6.18. The first-order valence-corrected chi connectivity index (χ1v) is 1.71. The SMILES string of the molecule is Cl.Cl.NCCCl. The minimum Gasteiger partial charge on any atom is -0.329 e. The maximum Gasteiger partial charge on any atom is 0.0346 e. The summed E-state index contributed by atoms with van der Waals surface area (Å²) in [6, 6.07) is 0. The molecule has 0 aliphatic carbocycles. The molecule has 0 rings (SSSR count). The molecule has 0 aromatic rings. The van der Waals surface area contributed by atoms with Gasteiger partial charge in [0.1, 0.15) is 0 Å². The van der Waals surface area contributed by atoms with Crippen LogP contribution in [-0.4, -0.2) is 12.4 Å². The van der Waals surface area contributed by atoms with Gasteiger partial charge in [0, 0.05) is 12.4 Å². The van der Waals surface area contributed by atoms with Crippen molar-refractivity contribution in [3.8, 4) is 0 Å². The highest BCUT2D eigenvalue weighted by Gasteiger charge is 1.58. The first kappa shape index (κ1) is 15.8. The zero-order valence-electron chi connectivity index (χ0n) is 3.19. The lowest BCUT2D eigenvalue weighted by Gasteiger charge is -1.68. The van der Waals surface area contributed by atoms with E-state index in [1.807, 2.05) is 0 Å². The Morgan fingerprint density at radius 3 is 1.50 bits per heavy atom. The molecule has 0 aliphatic heterocycles. The van der Waals surface area contributed by atoms with Crippen LogP contribution in [0, 0.1) is 0 Å². The van der Waals surface area contributed by atoms with Crippen LogP contribution in [0.3, 0.4) is 0 Å². The van der Waals surface area contributed by atoms with E-state index in [-0.39, 0.29) is 24.8 Å². The predicted molar refractivity (Wildman–Crippen MR) is 34.3 cm³/mol. The summed E-state index contributed by atoms with van der Waals surface area (Å²) < 4.78 is 0. The monoisotopic (exact) mass is 151 g/mol. The molecule has 0 fully saturated rings. The zero-order valence-corrected chi connectivity index (χ0v) is 5.57. The van der Waals surface area contributed by atoms with Gasteiger partial charge in [0.05, 0.1) is 0 Å². The van der Waals surface area contributed by atoms with Crippen molar-refractivity contribution >= 4 is 36.4 Å². The van der Waals surface area contributed by atoms with E-state index in [0.29, 0.717) is 12.4 Å². The molecule has 0 amide bonds. The van der Waals surface area contributed by atoms with Crippen molar-refractivity contribution in [1.82, 2.24) is 0 Å². The fourth-order valence-electron chi connectivity index (χ4n) is 0. The number of halogens is 3. The predicted octanol–water partition coefficient (Wildman–Crippen LogP) is 1.03. The number of hydrogen-bond acceptors (Lipinski definition) is 1. The fraction of sp³-hybridized carbons (Fsp3) is 1.00. The average molecular weight is 152 g/mol. The van der Waals surface area contributed by atoms with E-state index >= 15 is 0 Å². The van der Waals surface area contributed by atoms with Crippen molar-refractivity contribution in [2.45, 2.75) is 0 Å². The topological polar surface area (TPSA) is 26.0 Å². The zero-order chi connectivity index (χ0) is 3.41. The highest BCUT2D eigenvalue weighted by Crippen LogP contribution is 1.60. The van der Waals surface area contributed by atoms with Gasteiger partial charge in [0.2, 0.25) is 0 Å². The number of alkyl halides is 1. The standard InChI is InChI=1S/C2H6ClN.2ClH/c3-1-2-4;;/h1-2,4H2;2*1H. The Kier molecular flexibility index (Phi) is 44.8. The molecular formula is C2H8Cl3N. The molecule has 0 atom stereocenters. The van der Waals surface area contributed by atoms with Crippen LogP contribution in [0.15, 0.2) is 0 Å². The van der Waals surface area contributed by atoms with Gasteiger partial charge >= 0.3 is 0 Å². The molecule has 1 nitrogen and oxygen atoms in total. The number of rotatable bonds is 1. The minimum atomic E-state index is 0. The number of hydrogen-bond donors (Lipinski definition) is 1. The van der Waals surface area contributed by atoms with Gasteiger partial charge in [-0.2, -0.15) is 0 Å². The van der Waals surface area contributed by atoms with E-state index in [2.05, 4.69) is 0 Å². The molecule has 0 radical (unpaired) electrons. The lowest BCUT2D eigenvalue weighted by Crippen LogP contribution is -1.97. The van der Waals surface area contributed by atoms with Gasteiger partial charge in [-0.05, 0) is 0 Å². The Morgan fingerprint density at radius 1 is 1.33 bits per heavy atom. The van der Waals surface area contributed by atoms with Crippen LogP contribution >= 0.6 is 36.4 Å². The van der Waals surface area contributed by atoms with Crippen LogP contribution < -0.4 is 5.73 Å². The molecule has 0 spiro atoms. The van der Waals surface area contributed by atoms with Gasteiger partial charge < -0.3 is 5.73 Å². The van der Waals surface area contributed by atoms with Crippen LogP contribution in [0.1, 0.15) is 0 Å². The fourth-order valence-corrected chi connectivity index (χ4v) is 0. The van der Waals surface area contributed by atoms with Gasteiger partial charge in [-0.25, -0.2) is 0 Å². The molecule has 6 heavy (non-hydrogen) atoms. The molecule has 0 saturated heterocycles. The molecule has 2 N–H and O–H groups in total. The van der Waals surface area contributed by atoms with Crippen LogP contribution in [0.25, 0.3) is 0 Å². The van der Waals surface area contributed by atoms with Crippen LogP contribution in [0.5, 0.6) is 0 Å². The van der Waals surface area contributed by atoms with E-state index in [9.17, 15) is 0 Å². The van der Waals surface area contributed by atoms with Gasteiger partial charge in [0.15, 0.2) is 0 Å². The Morgan fingerprint density at radius 2 is 1.50 bits per heavy atom. The van der Waals surface area contributed by atoms with E-state index in [1.54, 1.807) is 0 Å². The summed E-state index contributed by atoms with van der Waals surface area (Å²) in [4.78, 5) is 0. The summed E-state index contributed by atoms with van der Waals surface area (Å²) in [6.45, 7) is 0.585. The smallest absolute Gasteiger partial charge is 0.0346 e. The van der Waals surface area contributed by atoms with E-state index in [0.717, 1.165) is 0 Å². The summed E-state index contributed by atoms with van der Waals surface area (Å²) in [5.74, 6) is 0.569. The third-order valence-electron chi connectivity index (χ3n) is 0.109. The summed E-state index contributed by atoms with van der Waals surface area (Å²) in [7, 11) is 0. The average Bonchev–Trinajstić information content (AvgIpc) is 1.37. The van der Waals surface area contributed by atoms with Crippen molar-refractivity contribution in [1.29, 1.82) is 0 Å². The van der Waals surface area contributed by atoms with Gasteiger partial charge in [0.25, 0.3) is 0 Å². The summed E-state index contributed by atoms with van der Waals surface area (Å²) in [6.07, 6.45) is 0. The molecule has 0 unspecified atom stereocenters. The second kappa shape index (κ2) is 17.0. The van der Waals surface area contributed by atoms with Crippen LogP contribution in [0.2, 0.25) is 0 Å². The molecular weight excluding hydrogens is 144 g/mol. The molecule has 0 aromatic heterocycles. The third-order valence-corrected chi connectivity index (χ3v) is 0.327. The normalized spacial score (nSPS) is 5.00. The second-order valence-electron chi connectivity index (χ2n) is 0.478. The van der Waals surface area contributed by atoms with Crippen molar-refractivity contribution < 1.29 is 0 Å². The Balaban J connectivity index is -0.0000000450. The minimum absolute atomic E-state index is 0. The summed E-state index contributed by atoms with van der Waals surface area (Å²) in [5, 5.41) is 0. The van der Waals surface area contributed by atoms with Crippen LogP contribution in [0.4, 0.5) is 0 Å². The molecule has 0 aromatic carbocycles. The molecule has 0 bridgehead atoms. The van der Waals surface area contributed by atoms with E-state index in [4.69, 9.17) is 17.3 Å². The largest absolute Gasteiger partial charge is 0.329 e. The Labute approximate surface area is 55.1 Å². The highest BCUT2D eigenvalue weighted by atomic mass is 35.5. The van der Waals surface area contributed by atoms with E-state index < -0.39 is 0 Å². The van der Waals surface area contributed by atoms with Crippen molar-refractivity contribution in [3.05, 3.63) is 0 Å². The third kappa shape index (κ3) is 21.2.